The van der Waals surface area contributed by atoms with Crippen LogP contribution in [0.4, 0.5) is 5.69 Å². The van der Waals surface area contributed by atoms with Crippen LogP contribution in [0.5, 0.6) is 0 Å². The van der Waals surface area contributed by atoms with Crippen molar-refractivity contribution in [3.05, 3.63) is 29.8 Å². The van der Waals surface area contributed by atoms with Gasteiger partial charge in [-0.2, -0.15) is 0 Å². The first-order chi connectivity index (χ1) is 7.78. The summed E-state index contributed by atoms with van der Waals surface area (Å²) in [4.78, 5) is 2.56. The van der Waals surface area contributed by atoms with E-state index in [4.69, 9.17) is 0 Å². The number of likely N-dealkylation sites (tertiary alicyclic amines) is 1. The summed E-state index contributed by atoms with van der Waals surface area (Å²) in [6.07, 6.45) is 2.71. The lowest BCUT2D eigenvalue weighted by Gasteiger charge is -2.30. The van der Waals surface area contributed by atoms with E-state index >= 15 is 0 Å². The minimum atomic E-state index is 0.919. The molecule has 2 heteroatoms. The monoisotopic (exact) mass is 218 g/mol. The highest BCUT2D eigenvalue weighted by molar-refractivity contribution is 5.43. The summed E-state index contributed by atoms with van der Waals surface area (Å²) in [6, 6.07) is 8.76. The van der Waals surface area contributed by atoms with Crippen molar-refractivity contribution in [1.82, 2.24) is 4.90 Å². The van der Waals surface area contributed by atoms with E-state index in [1.54, 1.807) is 0 Å². The molecule has 1 N–H and O–H groups in total. The highest BCUT2D eigenvalue weighted by Crippen LogP contribution is 2.18. The van der Waals surface area contributed by atoms with Crippen molar-refractivity contribution in [2.24, 2.45) is 5.92 Å². The summed E-state index contributed by atoms with van der Waals surface area (Å²) >= 11 is 0. The molecule has 0 atom stereocenters. The van der Waals surface area contributed by atoms with E-state index in [1.165, 1.54) is 37.2 Å². The van der Waals surface area contributed by atoms with Gasteiger partial charge < -0.3 is 5.32 Å². The summed E-state index contributed by atoms with van der Waals surface area (Å²) in [5, 5.41) is 3.15. The predicted octanol–water partition coefficient (Wildman–Crippen LogP) is 2.96. The minimum absolute atomic E-state index is 0.919. The Morgan fingerprint density at radius 2 is 1.81 bits per heavy atom. The molecule has 1 saturated heterocycles. The third-order valence-corrected chi connectivity index (χ3v) is 3.53. The number of piperidine rings is 1. The van der Waals surface area contributed by atoms with Crippen molar-refractivity contribution >= 4 is 5.69 Å². The molecule has 0 radical (unpaired) electrons. The molecule has 1 fully saturated rings. The molecule has 2 nitrogen and oxygen atoms in total. The average molecular weight is 218 g/mol. The Bertz CT molecular complexity index is 310. The van der Waals surface area contributed by atoms with E-state index in [-0.39, 0.29) is 0 Å². The lowest BCUT2D eigenvalue weighted by molar-refractivity contribution is 0.185. The summed E-state index contributed by atoms with van der Waals surface area (Å²) in [6.45, 7) is 5.99. The van der Waals surface area contributed by atoms with Gasteiger partial charge in [0.05, 0.1) is 0 Å². The molecule has 0 unspecified atom stereocenters. The Kier molecular flexibility index (Phi) is 3.83. The van der Waals surface area contributed by atoms with Gasteiger partial charge in [0.25, 0.3) is 0 Å². The molecule has 1 aliphatic heterocycles. The number of hydrogen-bond acceptors (Lipinski definition) is 2. The van der Waals surface area contributed by atoms with Gasteiger partial charge >= 0.3 is 0 Å². The van der Waals surface area contributed by atoms with E-state index in [0.717, 1.165) is 12.5 Å². The van der Waals surface area contributed by atoms with Crippen LogP contribution in [0.3, 0.4) is 0 Å². The van der Waals surface area contributed by atoms with Gasteiger partial charge in [-0.15, -0.1) is 0 Å². The van der Waals surface area contributed by atoms with Crippen LogP contribution < -0.4 is 5.32 Å². The quantitative estimate of drug-likeness (QED) is 0.839. The van der Waals surface area contributed by atoms with Gasteiger partial charge in [-0.3, -0.25) is 4.90 Å². The van der Waals surface area contributed by atoms with Crippen LogP contribution in [-0.4, -0.2) is 25.0 Å². The van der Waals surface area contributed by atoms with Crippen molar-refractivity contribution in [3.63, 3.8) is 0 Å². The Balaban J connectivity index is 1.88. The smallest absolute Gasteiger partial charge is 0.0337 e. The van der Waals surface area contributed by atoms with Crippen LogP contribution in [-0.2, 0) is 6.54 Å². The average Bonchev–Trinajstić information content (AvgIpc) is 2.33. The standard InChI is InChI=1S/C14H22N2/c1-12-7-9-16(10-8-12)11-13-3-5-14(15-2)6-4-13/h3-6,12,15H,7-11H2,1-2H3. The van der Waals surface area contributed by atoms with Gasteiger partial charge in [0.2, 0.25) is 0 Å². The second kappa shape index (κ2) is 5.35. The summed E-state index contributed by atoms with van der Waals surface area (Å²) in [7, 11) is 1.96. The molecule has 0 bridgehead atoms. The Morgan fingerprint density at radius 1 is 1.19 bits per heavy atom. The normalized spacial score (nSPS) is 18.6. The highest BCUT2D eigenvalue weighted by Gasteiger charge is 2.15. The van der Waals surface area contributed by atoms with E-state index in [0.29, 0.717) is 0 Å². The minimum Gasteiger partial charge on any atom is -0.388 e. The number of rotatable bonds is 3. The van der Waals surface area contributed by atoms with Gasteiger partial charge in [-0.25, -0.2) is 0 Å². The van der Waals surface area contributed by atoms with Crippen molar-refractivity contribution < 1.29 is 0 Å². The fourth-order valence-corrected chi connectivity index (χ4v) is 2.26. The van der Waals surface area contributed by atoms with Crippen molar-refractivity contribution in [2.75, 3.05) is 25.5 Å². The topological polar surface area (TPSA) is 15.3 Å². The maximum Gasteiger partial charge on any atom is 0.0337 e. The van der Waals surface area contributed by atoms with Crippen LogP contribution >= 0.6 is 0 Å². The number of hydrogen-bond donors (Lipinski definition) is 1. The predicted molar refractivity (Wildman–Crippen MR) is 69.7 cm³/mol. The molecule has 0 aromatic heterocycles. The Morgan fingerprint density at radius 3 is 2.38 bits per heavy atom. The molecule has 16 heavy (non-hydrogen) atoms. The second-order valence-corrected chi connectivity index (χ2v) is 4.91. The van der Waals surface area contributed by atoms with Gasteiger partial charge in [-0.1, -0.05) is 19.1 Å². The highest BCUT2D eigenvalue weighted by atomic mass is 15.1. The fourth-order valence-electron chi connectivity index (χ4n) is 2.26. The van der Waals surface area contributed by atoms with Crippen LogP contribution in [0.2, 0.25) is 0 Å². The van der Waals surface area contributed by atoms with E-state index in [2.05, 4.69) is 41.4 Å². The summed E-state index contributed by atoms with van der Waals surface area (Å²) in [5.74, 6) is 0.919. The fraction of sp³-hybridized carbons (Fsp3) is 0.571. The number of benzene rings is 1. The molecule has 0 spiro atoms. The van der Waals surface area contributed by atoms with Gasteiger partial charge in [0.1, 0.15) is 0 Å². The first kappa shape index (κ1) is 11.5. The van der Waals surface area contributed by atoms with Crippen LogP contribution in [0, 0.1) is 5.92 Å². The van der Waals surface area contributed by atoms with Gasteiger partial charge in [-0.05, 0) is 49.5 Å². The summed E-state index contributed by atoms with van der Waals surface area (Å²) < 4.78 is 0. The molecule has 0 saturated carbocycles. The molecule has 0 aliphatic carbocycles. The van der Waals surface area contributed by atoms with Crippen LogP contribution in [0.25, 0.3) is 0 Å². The third kappa shape index (κ3) is 2.99. The number of anilines is 1. The molecule has 1 heterocycles. The third-order valence-electron chi connectivity index (χ3n) is 3.53. The van der Waals surface area contributed by atoms with Crippen LogP contribution in [0.1, 0.15) is 25.3 Å². The van der Waals surface area contributed by atoms with E-state index < -0.39 is 0 Å². The largest absolute Gasteiger partial charge is 0.388 e. The zero-order valence-corrected chi connectivity index (χ0v) is 10.4. The Labute approximate surface area is 98.7 Å². The molecular weight excluding hydrogens is 196 g/mol. The maximum atomic E-state index is 3.15. The van der Waals surface area contributed by atoms with Crippen molar-refractivity contribution in [1.29, 1.82) is 0 Å². The first-order valence-corrected chi connectivity index (χ1v) is 6.27. The van der Waals surface area contributed by atoms with E-state index in [1.807, 2.05) is 7.05 Å². The SMILES string of the molecule is CNc1ccc(CN2CCC(C)CC2)cc1. The zero-order valence-electron chi connectivity index (χ0n) is 10.4. The second-order valence-electron chi connectivity index (χ2n) is 4.91. The molecule has 88 valence electrons. The first-order valence-electron chi connectivity index (χ1n) is 6.27. The molecular formula is C14H22N2. The molecule has 1 aromatic rings. The maximum absolute atomic E-state index is 3.15. The lowest BCUT2D eigenvalue weighted by Crippen LogP contribution is -2.32. The van der Waals surface area contributed by atoms with Crippen molar-refractivity contribution in [2.45, 2.75) is 26.3 Å². The number of nitrogens with one attached hydrogen (secondary N) is 1. The molecule has 0 amide bonds. The number of nitrogens with zero attached hydrogens (tertiary/aromatic N) is 1. The van der Waals surface area contributed by atoms with E-state index in [9.17, 15) is 0 Å². The Hall–Kier alpha value is -1.02. The summed E-state index contributed by atoms with van der Waals surface area (Å²) in [5.41, 5.74) is 2.62. The van der Waals surface area contributed by atoms with Gasteiger partial charge in [0, 0.05) is 19.3 Å². The zero-order chi connectivity index (χ0) is 11.4. The molecule has 2 rings (SSSR count). The lowest BCUT2D eigenvalue weighted by atomic mass is 9.99. The van der Waals surface area contributed by atoms with Crippen molar-refractivity contribution in [3.8, 4) is 0 Å². The van der Waals surface area contributed by atoms with Crippen LogP contribution in [0.15, 0.2) is 24.3 Å². The molecule has 1 aliphatic rings. The van der Waals surface area contributed by atoms with Gasteiger partial charge in [0.15, 0.2) is 0 Å². The molecule has 1 aromatic carbocycles.